The summed E-state index contributed by atoms with van der Waals surface area (Å²) in [5.74, 6) is 0.426. The molecular formula is C27H28N4O3. The molecule has 2 heterocycles. The van der Waals surface area contributed by atoms with Crippen molar-refractivity contribution in [1.29, 1.82) is 0 Å². The predicted molar refractivity (Wildman–Crippen MR) is 130 cm³/mol. The molecule has 0 radical (unpaired) electrons. The second-order valence-electron chi connectivity index (χ2n) is 8.07. The summed E-state index contributed by atoms with van der Waals surface area (Å²) >= 11 is 0. The van der Waals surface area contributed by atoms with Crippen LogP contribution >= 0.6 is 0 Å². The Morgan fingerprint density at radius 2 is 1.76 bits per heavy atom. The van der Waals surface area contributed by atoms with E-state index in [2.05, 4.69) is 15.4 Å². The Labute approximate surface area is 199 Å². The number of methoxy groups -OCH3 is 1. The third kappa shape index (κ3) is 5.86. The lowest BCUT2D eigenvalue weighted by atomic mass is 9.98. The molecule has 0 spiro atoms. The normalized spacial score (nSPS) is 15.0. The minimum absolute atomic E-state index is 0.0909. The number of carbonyl (C=O) groups is 2. The fourth-order valence-electron chi connectivity index (χ4n) is 3.93. The molecule has 0 saturated carbocycles. The maximum absolute atomic E-state index is 13.1. The number of rotatable bonds is 9. The minimum Gasteiger partial charge on any atom is -0.497 e. The lowest BCUT2D eigenvalue weighted by Crippen LogP contribution is -2.30. The van der Waals surface area contributed by atoms with Gasteiger partial charge in [0.25, 0.3) is 0 Å². The minimum atomic E-state index is -0.221. The Balaban J connectivity index is 1.39. The number of hydrazone groups is 1. The van der Waals surface area contributed by atoms with Crippen LogP contribution in [0.5, 0.6) is 5.75 Å². The van der Waals surface area contributed by atoms with Crippen molar-refractivity contribution >= 4 is 17.5 Å². The Bertz CT molecular complexity index is 1130. The van der Waals surface area contributed by atoms with Gasteiger partial charge in [-0.15, -0.1) is 0 Å². The zero-order valence-electron chi connectivity index (χ0n) is 19.2. The maximum Gasteiger partial charge on any atom is 0.243 e. The number of hydrogen-bond donors (Lipinski definition) is 1. The van der Waals surface area contributed by atoms with Gasteiger partial charge in [0.2, 0.25) is 11.8 Å². The van der Waals surface area contributed by atoms with Crippen molar-refractivity contribution in [3.05, 3.63) is 95.8 Å². The van der Waals surface area contributed by atoms with E-state index in [1.54, 1.807) is 13.3 Å². The van der Waals surface area contributed by atoms with Crippen molar-refractivity contribution in [3.8, 4) is 5.75 Å². The van der Waals surface area contributed by atoms with Crippen LogP contribution in [0.3, 0.4) is 0 Å². The first-order valence-corrected chi connectivity index (χ1v) is 11.4. The van der Waals surface area contributed by atoms with Gasteiger partial charge in [0, 0.05) is 44.1 Å². The van der Waals surface area contributed by atoms with E-state index in [0.29, 0.717) is 19.4 Å². The molecule has 3 aromatic rings. The van der Waals surface area contributed by atoms with Crippen molar-refractivity contribution in [3.63, 3.8) is 0 Å². The monoisotopic (exact) mass is 456 g/mol. The molecule has 1 aliphatic heterocycles. The largest absolute Gasteiger partial charge is 0.497 e. The van der Waals surface area contributed by atoms with Gasteiger partial charge in [-0.1, -0.05) is 48.5 Å². The quantitative estimate of drug-likeness (QED) is 0.529. The predicted octanol–water partition coefficient (Wildman–Crippen LogP) is 3.91. The number of ether oxygens (including phenoxy) is 1. The number of pyridine rings is 1. The van der Waals surface area contributed by atoms with Crippen molar-refractivity contribution in [2.24, 2.45) is 5.10 Å². The molecule has 1 N–H and O–H groups in total. The molecule has 34 heavy (non-hydrogen) atoms. The summed E-state index contributed by atoms with van der Waals surface area (Å²) in [5, 5.41) is 9.07. The van der Waals surface area contributed by atoms with Gasteiger partial charge in [0.1, 0.15) is 5.75 Å². The Morgan fingerprint density at radius 1 is 1.00 bits per heavy atom. The molecule has 2 aromatic carbocycles. The van der Waals surface area contributed by atoms with E-state index in [1.165, 1.54) is 5.01 Å². The van der Waals surface area contributed by atoms with Gasteiger partial charge in [-0.3, -0.25) is 14.6 Å². The lowest BCUT2D eigenvalue weighted by molar-refractivity contribution is -0.135. The van der Waals surface area contributed by atoms with Gasteiger partial charge in [-0.05, 0) is 35.4 Å². The van der Waals surface area contributed by atoms with Crippen LogP contribution in [0, 0.1) is 0 Å². The SMILES string of the molecule is COc1ccc(C2CC(c3ccccc3)=NN2C(=O)CCC(=O)NCCc2ccccn2)cc1. The molecule has 1 aliphatic rings. The van der Waals surface area contributed by atoms with Gasteiger partial charge in [0.05, 0.1) is 18.9 Å². The fourth-order valence-corrected chi connectivity index (χ4v) is 3.93. The van der Waals surface area contributed by atoms with E-state index in [1.807, 2.05) is 72.8 Å². The molecule has 0 aliphatic carbocycles. The number of hydrogen-bond acceptors (Lipinski definition) is 5. The molecule has 7 nitrogen and oxygen atoms in total. The second kappa shape index (κ2) is 11.2. The molecular weight excluding hydrogens is 428 g/mol. The number of benzene rings is 2. The highest BCUT2D eigenvalue weighted by atomic mass is 16.5. The third-order valence-corrected chi connectivity index (χ3v) is 5.77. The first-order valence-electron chi connectivity index (χ1n) is 11.4. The molecule has 1 atom stereocenters. The van der Waals surface area contributed by atoms with Gasteiger partial charge >= 0.3 is 0 Å². The van der Waals surface area contributed by atoms with Gasteiger partial charge in [-0.25, -0.2) is 5.01 Å². The summed E-state index contributed by atoms with van der Waals surface area (Å²) in [4.78, 5) is 29.7. The topological polar surface area (TPSA) is 83.9 Å². The number of carbonyl (C=O) groups excluding carboxylic acids is 2. The average Bonchev–Trinajstić information content (AvgIpc) is 3.34. The molecule has 174 valence electrons. The molecule has 7 heteroatoms. The Kier molecular flexibility index (Phi) is 7.65. The molecule has 0 bridgehead atoms. The van der Waals surface area contributed by atoms with Crippen LogP contribution in [0.2, 0.25) is 0 Å². The highest BCUT2D eigenvalue weighted by molar-refractivity contribution is 6.03. The molecule has 2 amide bonds. The maximum atomic E-state index is 13.1. The fraction of sp³-hybridized carbons (Fsp3) is 0.259. The molecule has 0 fully saturated rings. The Hall–Kier alpha value is -4.00. The third-order valence-electron chi connectivity index (χ3n) is 5.77. The average molecular weight is 457 g/mol. The number of aromatic nitrogens is 1. The summed E-state index contributed by atoms with van der Waals surface area (Å²) in [6.45, 7) is 0.485. The highest BCUT2D eigenvalue weighted by Gasteiger charge is 2.33. The van der Waals surface area contributed by atoms with Crippen molar-refractivity contribution in [1.82, 2.24) is 15.3 Å². The van der Waals surface area contributed by atoms with Crippen LogP contribution in [0.25, 0.3) is 0 Å². The van der Waals surface area contributed by atoms with Crippen molar-refractivity contribution in [2.75, 3.05) is 13.7 Å². The van der Waals surface area contributed by atoms with E-state index in [0.717, 1.165) is 28.3 Å². The van der Waals surface area contributed by atoms with E-state index in [9.17, 15) is 9.59 Å². The second-order valence-corrected chi connectivity index (χ2v) is 8.07. The summed E-state index contributed by atoms with van der Waals surface area (Å²) in [5.41, 5.74) is 3.74. The summed E-state index contributed by atoms with van der Waals surface area (Å²) in [6, 6.07) is 23.0. The highest BCUT2D eigenvalue weighted by Crippen LogP contribution is 2.34. The van der Waals surface area contributed by atoms with Crippen LogP contribution in [0.15, 0.2) is 84.1 Å². The molecule has 4 rings (SSSR count). The number of nitrogens with zero attached hydrogens (tertiary/aromatic N) is 3. The molecule has 1 aromatic heterocycles. The zero-order chi connectivity index (χ0) is 23.8. The van der Waals surface area contributed by atoms with Crippen LogP contribution in [0.1, 0.15) is 42.1 Å². The van der Waals surface area contributed by atoms with Crippen LogP contribution in [0.4, 0.5) is 0 Å². The first kappa shape index (κ1) is 23.2. The summed E-state index contributed by atoms with van der Waals surface area (Å²) in [7, 11) is 1.62. The zero-order valence-corrected chi connectivity index (χ0v) is 19.2. The van der Waals surface area contributed by atoms with Gasteiger partial charge < -0.3 is 10.1 Å². The first-order chi connectivity index (χ1) is 16.6. The van der Waals surface area contributed by atoms with E-state index in [-0.39, 0.29) is 30.7 Å². The number of nitrogens with one attached hydrogen (secondary N) is 1. The van der Waals surface area contributed by atoms with Crippen molar-refractivity contribution < 1.29 is 14.3 Å². The Morgan fingerprint density at radius 3 is 2.47 bits per heavy atom. The van der Waals surface area contributed by atoms with Crippen LogP contribution in [-0.4, -0.2) is 41.2 Å². The van der Waals surface area contributed by atoms with Crippen molar-refractivity contribution in [2.45, 2.75) is 31.7 Å². The molecule has 1 unspecified atom stereocenters. The van der Waals surface area contributed by atoms with E-state index in [4.69, 9.17) is 4.74 Å². The summed E-state index contributed by atoms with van der Waals surface area (Å²) in [6.07, 6.45) is 3.20. The van der Waals surface area contributed by atoms with E-state index < -0.39 is 0 Å². The smallest absolute Gasteiger partial charge is 0.243 e. The number of amides is 2. The van der Waals surface area contributed by atoms with Crippen LogP contribution < -0.4 is 10.1 Å². The van der Waals surface area contributed by atoms with Gasteiger partial charge in [0.15, 0.2) is 0 Å². The summed E-state index contributed by atoms with van der Waals surface area (Å²) < 4.78 is 5.26. The van der Waals surface area contributed by atoms with E-state index >= 15 is 0 Å². The molecule has 0 saturated heterocycles. The van der Waals surface area contributed by atoms with Crippen LogP contribution in [-0.2, 0) is 16.0 Å². The lowest BCUT2D eigenvalue weighted by Gasteiger charge is -2.22. The van der Waals surface area contributed by atoms with Gasteiger partial charge in [-0.2, -0.15) is 5.10 Å². The standard InChI is InChI=1S/C27H28N4O3/c1-34-23-12-10-21(11-13-23)25-19-24(20-7-3-2-4-8-20)30-31(25)27(33)15-14-26(32)29-18-16-22-9-5-6-17-28-22/h2-13,17,25H,14-16,18-19H2,1H3,(H,29,32).